The van der Waals surface area contributed by atoms with E-state index in [-0.39, 0.29) is 31.6 Å². The lowest BCUT2D eigenvalue weighted by molar-refractivity contribution is -0.166. The van der Waals surface area contributed by atoms with Gasteiger partial charge in [-0.2, -0.15) is 0 Å². The molecule has 0 saturated heterocycles. The molecular formula is C64H100O6. The van der Waals surface area contributed by atoms with Crippen LogP contribution in [0.15, 0.2) is 146 Å². The Balaban J connectivity index is 4.16. The summed E-state index contributed by atoms with van der Waals surface area (Å²) in [7, 11) is 0. The zero-order valence-corrected chi connectivity index (χ0v) is 44.7. The van der Waals surface area contributed by atoms with Gasteiger partial charge in [0.15, 0.2) is 6.10 Å². The van der Waals surface area contributed by atoms with Crippen LogP contribution in [0.1, 0.15) is 220 Å². The van der Waals surface area contributed by atoms with Crippen LogP contribution in [0.5, 0.6) is 0 Å². The van der Waals surface area contributed by atoms with Gasteiger partial charge in [0.2, 0.25) is 0 Å². The van der Waals surface area contributed by atoms with Gasteiger partial charge in [-0.1, -0.05) is 237 Å². The second-order valence-corrected chi connectivity index (χ2v) is 17.7. The molecule has 1 unspecified atom stereocenters. The highest BCUT2D eigenvalue weighted by molar-refractivity contribution is 5.71. The van der Waals surface area contributed by atoms with Crippen molar-refractivity contribution in [3.8, 4) is 0 Å². The maximum absolute atomic E-state index is 12.7. The lowest BCUT2D eigenvalue weighted by Crippen LogP contribution is -2.30. The Bertz CT molecular complexity index is 1580. The van der Waals surface area contributed by atoms with Gasteiger partial charge in [-0.25, -0.2) is 0 Å². The molecule has 0 N–H and O–H groups in total. The van der Waals surface area contributed by atoms with Gasteiger partial charge in [0, 0.05) is 19.3 Å². The van der Waals surface area contributed by atoms with Gasteiger partial charge in [-0.3, -0.25) is 14.4 Å². The molecule has 0 bridgehead atoms. The molecule has 0 rings (SSSR count). The van der Waals surface area contributed by atoms with E-state index in [2.05, 4.69) is 154 Å². The van der Waals surface area contributed by atoms with Crippen LogP contribution in [-0.4, -0.2) is 37.2 Å². The zero-order chi connectivity index (χ0) is 50.7. The predicted octanol–water partition coefficient (Wildman–Crippen LogP) is 18.8. The fraction of sp³-hybridized carbons (Fsp3) is 0.578. The normalized spacial score (nSPS) is 13.2. The summed E-state index contributed by atoms with van der Waals surface area (Å²) >= 11 is 0. The smallest absolute Gasteiger partial charge is 0.306 e. The Morgan fingerprint density at radius 2 is 0.586 bits per heavy atom. The molecule has 0 aliphatic rings. The van der Waals surface area contributed by atoms with Crippen LogP contribution >= 0.6 is 0 Å². The summed E-state index contributed by atoms with van der Waals surface area (Å²) in [4.78, 5) is 37.7. The maximum atomic E-state index is 12.7. The summed E-state index contributed by atoms with van der Waals surface area (Å²) < 4.78 is 16.6. The second-order valence-electron chi connectivity index (χ2n) is 17.7. The van der Waals surface area contributed by atoms with E-state index in [0.29, 0.717) is 19.3 Å². The Labute approximate surface area is 429 Å². The first-order chi connectivity index (χ1) is 34.5. The fourth-order valence-electron chi connectivity index (χ4n) is 7.00. The van der Waals surface area contributed by atoms with E-state index in [1.807, 2.05) is 12.2 Å². The van der Waals surface area contributed by atoms with Crippen LogP contribution < -0.4 is 0 Å². The van der Waals surface area contributed by atoms with E-state index in [9.17, 15) is 14.4 Å². The van der Waals surface area contributed by atoms with E-state index < -0.39 is 12.1 Å². The number of unbranched alkanes of at least 4 members (excludes halogenated alkanes) is 13. The van der Waals surface area contributed by atoms with E-state index in [1.54, 1.807) is 0 Å². The molecule has 6 heteroatoms. The highest BCUT2D eigenvalue weighted by atomic mass is 16.6. The quantitative estimate of drug-likeness (QED) is 0.0262. The van der Waals surface area contributed by atoms with Crippen LogP contribution in [0.2, 0.25) is 0 Å². The lowest BCUT2D eigenvalue weighted by Gasteiger charge is -2.18. The maximum Gasteiger partial charge on any atom is 0.306 e. The molecule has 0 aliphatic carbocycles. The van der Waals surface area contributed by atoms with E-state index in [4.69, 9.17) is 14.2 Å². The van der Waals surface area contributed by atoms with E-state index in [0.717, 1.165) is 122 Å². The number of carbonyl (C=O) groups excluding carboxylic acids is 3. The molecule has 0 heterocycles. The Kier molecular flexibility index (Phi) is 53.0. The minimum atomic E-state index is -0.820. The average Bonchev–Trinajstić information content (AvgIpc) is 3.36. The van der Waals surface area contributed by atoms with Gasteiger partial charge in [0.1, 0.15) is 13.2 Å². The summed E-state index contributed by atoms with van der Waals surface area (Å²) in [5.74, 6) is -1.03. The number of allylic oxidation sites excluding steroid dienone is 24. The molecule has 392 valence electrons. The Morgan fingerprint density at radius 3 is 0.929 bits per heavy atom. The summed E-state index contributed by atoms with van der Waals surface area (Å²) in [5.41, 5.74) is 0. The molecule has 0 aromatic heterocycles. The molecular weight excluding hydrogens is 865 g/mol. The van der Waals surface area contributed by atoms with Gasteiger partial charge in [0.05, 0.1) is 0 Å². The molecule has 0 spiro atoms. The number of carbonyl (C=O) groups is 3. The molecule has 0 aromatic carbocycles. The molecule has 0 fully saturated rings. The van der Waals surface area contributed by atoms with Crippen molar-refractivity contribution in [1.82, 2.24) is 0 Å². The largest absolute Gasteiger partial charge is 0.462 e. The first-order valence-corrected chi connectivity index (χ1v) is 27.8. The van der Waals surface area contributed by atoms with Crippen molar-refractivity contribution in [2.45, 2.75) is 226 Å². The van der Waals surface area contributed by atoms with E-state index in [1.165, 1.54) is 51.4 Å². The lowest BCUT2D eigenvalue weighted by atomic mass is 10.1. The van der Waals surface area contributed by atoms with Crippen molar-refractivity contribution in [1.29, 1.82) is 0 Å². The van der Waals surface area contributed by atoms with Gasteiger partial charge in [-0.05, 0) is 109 Å². The first-order valence-electron chi connectivity index (χ1n) is 27.8. The van der Waals surface area contributed by atoms with Crippen LogP contribution in [0, 0.1) is 0 Å². The van der Waals surface area contributed by atoms with Crippen molar-refractivity contribution in [2.75, 3.05) is 13.2 Å². The Morgan fingerprint density at radius 1 is 0.300 bits per heavy atom. The molecule has 0 aliphatic heterocycles. The van der Waals surface area contributed by atoms with Crippen LogP contribution in [0.3, 0.4) is 0 Å². The number of rotatable bonds is 48. The predicted molar refractivity (Wildman–Crippen MR) is 302 cm³/mol. The van der Waals surface area contributed by atoms with Gasteiger partial charge in [-0.15, -0.1) is 0 Å². The van der Waals surface area contributed by atoms with Gasteiger partial charge >= 0.3 is 17.9 Å². The van der Waals surface area contributed by atoms with Crippen molar-refractivity contribution in [2.24, 2.45) is 0 Å². The summed E-state index contributed by atoms with van der Waals surface area (Å²) in [6.45, 7) is 6.25. The average molecular weight is 965 g/mol. The van der Waals surface area contributed by atoms with Crippen molar-refractivity contribution < 1.29 is 28.6 Å². The van der Waals surface area contributed by atoms with Crippen molar-refractivity contribution >= 4 is 17.9 Å². The number of esters is 3. The highest BCUT2D eigenvalue weighted by Gasteiger charge is 2.19. The molecule has 0 saturated carbocycles. The summed E-state index contributed by atoms with van der Waals surface area (Å²) in [6, 6.07) is 0. The van der Waals surface area contributed by atoms with E-state index >= 15 is 0 Å². The monoisotopic (exact) mass is 965 g/mol. The van der Waals surface area contributed by atoms with Crippen LogP contribution in [-0.2, 0) is 28.6 Å². The van der Waals surface area contributed by atoms with Crippen LogP contribution in [0.25, 0.3) is 0 Å². The SMILES string of the molecule is CC/C=C\C/C=C\C/C=C\C/C=C\C/C=C\C/C=C\C/C=C\C/C=C\CCCCCCCCCCC(=O)OCC(COC(=O)CCCCCCCC)OC(=O)CC/C=C\C/C=C\C/C=C\C/C=C\CC. The second kappa shape index (κ2) is 56.9. The minimum absolute atomic E-state index is 0.113. The number of ether oxygens (including phenoxy) is 3. The van der Waals surface area contributed by atoms with Crippen molar-refractivity contribution in [3.05, 3.63) is 146 Å². The molecule has 0 amide bonds. The fourth-order valence-corrected chi connectivity index (χ4v) is 7.00. The third kappa shape index (κ3) is 54.2. The molecule has 1 atom stereocenters. The molecule has 70 heavy (non-hydrogen) atoms. The molecule has 0 aromatic rings. The summed E-state index contributed by atoms with van der Waals surface area (Å²) in [5, 5.41) is 0. The minimum Gasteiger partial charge on any atom is -0.462 e. The van der Waals surface area contributed by atoms with Gasteiger partial charge in [0.25, 0.3) is 0 Å². The third-order valence-corrected chi connectivity index (χ3v) is 11.1. The van der Waals surface area contributed by atoms with Gasteiger partial charge < -0.3 is 14.2 Å². The highest BCUT2D eigenvalue weighted by Crippen LogP contribution is 2.13. The first kappa shape index (κ1) is 65.3. The Hall–Kier alpha value is -4.71. The van der Waals surface area contributed by atoms with Crippen LogP contribution in [0.4, 0.5) is 0 Å². The number of hydrogen-bond acceptors (Lipinski definition) is 6. The third-order valence-electron chi connectivity index (χ3n) is 11.1. The zero-order valence-electron chi connectivity index (χ0n) is 44.7. The summed E-state index contributed by atoms with van der Waals surface area (Å²) in [6.07, 6.45) is 81.8. The standard InChI is InChI=1S/C64H100O6/c1-4-7-10-13-16-18-20-22-23-24-25-26-27-28-29-30-31-32-33-34-35-36-37-38-39-40-41-43-44-46-48-51-54-57-63(66)69-60-61(59-68-62(65)56-53-50-15-12-9-6-3)70-64(67)58-55-52-49-47-45-42-21-19-17-14-11-8-5-2/h7-8,10-11,16-19,22-23,25-26,28-29,31-32,34-35,37-38,42,45,49,52,61H,4-6,9,12-15,20-21,24,27,30,33,36,39-41,43-44,46-48,50-51,53-60H2,1-3H3/b10-7-,11-8-,18-16-,19-17-,23-22-,26-25-,29-28-,32-31-,35-34-,38-37-,45-42-,52-49-. The number of hydrogen-bond donors (Lipinski definition) is 0. The topological polar surface area (TPSA) is 78.9 Å². The van der Waals surface area contributed by atoms with Crippen molar-refractivity contribution in [3.63, 3.8) is 0 Å². The molecule has 6 nitrogen and oxygen atoms in total. The molecule has 0 radical (unpaired) electrons.